The SMILES string of the molecule is COc1cc(Cl)c(-c2nc(C3(c4ccccc4Cl)CC3)sc2C)cc1C. The van der Waals surface area contributed by atoms with Gasteiger partial charge in [-0.15, -0.1) is 11.3 Å². The lowest BCUT2D eigenvalue weighted by atomic mass is 9.96. The van der Waals surface area contributed by atoms with Crippen molar-refractivity contribution in [3.63, 3.8) is 0 Å². The molecule has 0 spiro atoms. The van der Waals surface area contributed by atoms with E-state index in [1.807, 2.05) is 31.2 Å². The van der Waals surface area contributed by atoms with Crippen molar-refractivity contribution in [1.29, 1.82) is 0 Å². The molecule has 134 valence electrons. The van der Waals surface area contributed by atoms with Crippen LogP contribution in [-0.4, -0.2) is 12.1 Å². The lowest BCUT2D eigenvalue weighted by Gasteiger charge is -2.14. The lowest BCUT2D eigenvalue weighted by Crippen LogP contribution is -2.08. The summed E-state index contributed by atoms with van der Waals surface area (Å²) in [4.78, 5) is 6.19. The number of hydrogen-bond donors (Lipinski definition) is 0. The second-order valence-electron chi connectivity index (χ2n) is 6.79. The zero-order valence-corrected chi connectivity index (χ0v) is 17.2. The normalized spacial score (nSPS) is 15.1. The Balaban J connectivity index is 1.81. The van der Waals surface area contributed by atoms with E-state index in [2.05, 4.69) is 19.1 Å². The monoisotopic (exact) mass is 403 g/mol. The fraction of sp³-hybridized carbons (Fsp3) is 0.286. The van der Waals surface area contributed by atoms with Gasteiger partial charge in [-0.25, -0.2) is 4.98 Å². The maximum Gasteiger partial charge on any atom is 0.123 e. The minimum Gasteiger partial charge on any atom is -0.496 e. The molecule has 0 saturated heterocycles. The summed E-state index contributed by atoms with van der Waals surface area (Å²) in [6.45, 7) is 4.13. The van der Waals surface area contributed by atoms with E-state index in [0.717, 1.165) is 45.4 Å². The van der Waals surface area contributed by atoms with Crippen molar-refractivity contribution in [3.8, 4) is 17.0 Å². The van der Waals surface area contributed by atoms with Gasteiger partial charge in [-0.05, 0) is 56.0 Å². The van der Waals surface area contributed by atoms with Crippen LogP contribution in [0.4, 0.5) is 0 Å². The Morgan fingerprint density at radius 3 is 2.46 bits per heavy atom. The molecule has 5 heteroatoms. The summed E-state index contributed by atoms with van der Waals surface area (Å²) in [5, 5.41) is 2.61. The van der Waals surface area contributed by atoms with Crippen molar-refractivity contribution in [1.82, 2.24) is 4.98 Å². The highest BCUT2D eigenvalue weighted by Crippen LogP contribution is 2.57. The Hall–Kier alpha value is -1.55. The summed E-state index contributed by atoms with van der Waals surface area (Å²) < 4.78 is 5.37. The average molecular weight is 404 g/mol. The third kappa shape index (κ3) is 2.83. The molecule has 1 aliphatic carbocycles. The number of ether oxygens (including phenoxy) is 1. The van der Waals surface area contributed by atoms with Crippen molar-refractivity contribution < 1.29 is 4.74 Å². The summed E-state index contributed by atoms with van der Waals surface area (Å²) >= 11 is 14.8. The molecular weight excluding hydrogens is 385 g/mol. The number of hydrogen-bond acceptors (Lipinski definition) is 3. The van der Waals surface area contributed by atoms with Crippen molar-refractivity contribution in [3.05, 3.63) is 67.5 Å². The number of aryl methyl sites for hydroxylation is 2. The molecule has 1 saturated carbocycles. The number of nitrogens with zero attached hydrogens (tertiary/aromatic N) is 1. The smallest absolute Gasteiger partial charge is 0.123 e. The third-order valence-electron chi connectivity index (χ3n) is 5.09. The second kappa shape index (κ2) is 6.56. The largest absolute Gasteiger partial charge is 0.496 e. The molecule has 0 bridgehead atoms. The predicted octanol–water partition coefficient (Wildman–Crippen LogP) is 6.82. The van der Waals surface area contributed by atoms with Crippen LogP contribution in [0.3, 0.4) is 0 Å². The standard InChI is InChI=1S/C21H19Cl2NOS/c1-12-10-14(17(23)11-18(12)25-3)19-13(2)26-20(24-19)21(8-9-21)15-6-4-5-7-16(15)22/h4-7,10-11H,8-9H2,1-3H3. The molecule has 26 heavy (non-hydrogen) atoms. The average Bonchev–Trinajstić information content (AvgIpc) is 3.33. The number of aromatic nitrogens is 1. The van der Waals surface area contributed by atoms with Crippen LogP contribution in [0.5, 0.6) is 5.75 Å². The van der Waals surface area contributed by atoms with E-state index in [1.165, 1.54) is 10.4 Å². The number of benzene rings is 2. The maximum absolute atomic E-state index is 6.53. The Bertz CT molecular complexity index is 992. The summed E-state index contributed by atoms with van der Waals surface area (Å²) in [7, 11) is 1.66. The molecule has 0 aliphatic heterocycles. The molecule has 4 rings (SSSR count). The Labute approximate surface area is 167 Å². The van der Waals surface area contributed by atoms with Crippen molar-refractivity contribution in [2.45, 2.75) is 32.1 Å². The molecule has 2 aromatic carbocycles. The van der Waals surface area contributed by atoms with E-state index in [9.17, 15) is 0 Å². The highest BCUT2D eigenvalue weighted by Gasteiger charge is 2.49. The maximum atomic E-state index is 6.53. The van der Waals surface area contributed by atoms with Crippen LogP contribution in [0.15, 0.2) is 36.4 Å². The molecule has 0 unspecified atom stereocenters. The number of rotatable bonds is 4. The minimum absolute atomic E-state index is 0.0417. The quantitative estimate of drug-likeness (QED) is 0.476. The Kier molecular flexibility index (Phi) is 4.50. The Morgan fingerprint density at radius 1 is 1.08 bits per heavy atom. The van der Waals surface area contributed by atoms with Crippen LogP contribution >= 0.6 is 34.5 Å². The van der Waals surface area contributed by atoms with Gasteiger partial charge in [-0.1, -0.05) is 41.4 Å². The molecule has 1 aromatic heterocycles. The van der Waals surface area contributed by atoms with Crippen LogP contribution in [0.1, 0.15) is 33.9 Å². The number of thiazole rings is 1. The van der Waals surface area contributed by atoms with Crippen LogP contribution < -0.4 is 4.74 Å². The summed E-state index contributed by atoms with van der Waals surface area (Å²) in [5.74, 6) is 0.793. The van der Waals surface area contributed by atoms with Crippen LogP contribution in [-0.2, 0) is 5.41 Å². The first kappa shape index (κ1) is 17.8. The molecule has 1 heterocycles. The summed E-state index contributed by atoms with van der Waals surface area (Å²) in [6.07, 6.45) is 2.16. The Morgan fingerprint density at radius 2 is 1.81 bits per heavy atom. The minimum atomic E-state index is -0.0417. The third-order valence-corrected chi connectivity index (χ3v) is 6.90. The molecule has 0 amide bonds. The molecule has 0 radical (unpaired) electrons. The first-order valence-corrected chi connectivity index (χ1v) is 10.1. The molecule has 1 fully saturated rings. The molecule has 1 aliphatic rings. The molecule has 2 nitrogen and oxygen atoms in total. The molecule has 3 aromatic rings. The van der Waals surface area contributed by atoms with Gasteiger partial charge < -0.3 is 4.74 Å². The summed E-state index contributed by atoms with van der Waals surface area (Å²) in [5.41, 5.74) is 4.10. The van der Waals surface area contributed by atoms with Crippen molar-refractivity contribution in [2.24, 2.45) is 0 Å². The zero-order valence-electron chi connectivity index (χ0n) is 14.9. The first-order chi connectivity index (χ1) is 12.5. The van der Waals surface area contributed by atoms with Crippen LogP contribution in [0.25, 0.3) is 11.3 Å². The highest BCUT2D eigenvalue weighted by molar-refractivity contribution is 7.12. The van der Waals surface area contributed by atoms with Gasteiger partial charge in [-0.3, -0.25) is 0 Å². The topological polar surface area (TPSA) is 22.1 Å². The number of halogens is 2. The molecule has 0 atom stereocenters. The van der Waals surface area contributed by atoms with E-state index in [0.29, 0.717) is 5.02 Å². The van der Waals surface area contributed by atoms with E-state index >= 15 is 0 Å². The van der Waals surface area contributed by atoms with Gasteiger partial charge in [-0.2, -0.15) is 0 Å². The van der Waals surface area contributed by atoms with Gasteiger partial charge in [0.2, 0.25) is 0 Å². The fourth-order valence-corrected chi connectivity index (χ4v) is 5.24. The highest BCUT2D eigenvalue weighted by atomic mass is 35.5. The van der Waals surface area contributed by atoms with Gasteiger partial charge >= 0.3 is 0 Å². The zero-order chi connectivity index (χ0) is 18.5. The predicted molar refractivity (Wildman–Crippen MR) is 110 cm³/mol. The van der Waals surface area contributed by atoms with Gasteiger partial charge in [0.25, 0.3) is 0 Å². The number of methoxy groups -OCH3 is 1. The van der Waals surface area contributed by atoms with E-state index in [-0.39, 0.29) is 5.41 Å². The molecular formula is C21H19Cl2NOS. The second-order valence-corrected chi connectivity index (χ2v) is 8.81. The fourth-order valence-electron chi connectivity index (χ4n) is 3.49. The van der Waals surface area contributed by atoms with Gasteiger partial charge in [0.05, 0.1) is 17.8 Å². The van der Waals surface area contributed by atoms with E-state index in [1.54, 1.807) is 18.4 Å². The van der Waals surface area contributed by atoms with Crippen LogP contribution in [0.2, 0.25) is 10.0 Å². The van der Waals surface area contributed by atoms with Crippen LogP contribution in [0, 0.1) is 13.8 Å². The van der Waals surface area contributed by atoms with Crippen molar-refractivity contribution >= 4 is 34.5 Å². The molecule has 0 N–H and O–H groups in total. The van der Waals surface area contributed by atoms with Gasteiger partial charge in [0, 0.05) is 20.9 Å². The lowest BCUT2D eigenvalue weighted by molar-refractivity contribution is 0.412. The first-order valence-electron chi connectivity index (χ1n) is 8.53. The van der Waals surface area contributed by atoms with Gasteiger partial charge in [0.1, 0.15) is 10.8 Å². The van der Waals surface area contributed by atoms with E-state index in [4.69, 9.17) is 32.9 Å². The van der Waals surface area contributed by atoms with Gasteiger partial charge in [0.15, 0.2) is 0 Å². The van der Waals surface area contributed by atoms with Crippen molar-refractivity contribution in [2.75, 3.05) is 7.11 Å². The summed E-state index contributed by atoms with van der Waals surface area (Å²) in [6, 6.07) is 12.0. The van der Waals surface area contributed by atoms with E-state index < -0.39 is 0 Å².